The number of benzene rings is 1. The van der Waals surface area contributed by atoms with Gasteiger partial charge in [-0.05, 0) is 29.8 Å². The van der Waals surface area contributed by atoms with Crippen LogP contribution >= 0.6 is 31.9 Å². The maximum Gasteiger partial charge on any atom is 0.305 e. The highest BCUT2D eigenvalue weighted by atomic mass is 79.9. The number of nitrogens with zero attached hydrogens (tertiary/aromatic N) is 1. The number of hydrogen-bond donors (Lipinski definition) is 7. The smallest absolute Gasteiger partial charge is 0.305 e. The average Bonchev–Trinajstić information content (AvgIpc) is 2.79. The molecule has 0 saturated heterocycles. The molecule has 3 rings (SSSR count). The molecule has 14 heteroatoms. The molecule has 7 N–H and O–H groups in total. The van der Waals surface area contributed by atoms with Crippen molar-refractivity contribution in [2.24, 2.45) is 4.99 Å². The first kappa shape index (κ1) is 26.4. The Hall–Kier alpha value is -3.23. The molecule has 2 atom stereocenters. The van der Waals surface area contributed by atoms with Gasteiger partial charge in [-0.25, -0.2) is 0 Å². The van der Waals surface area contributed by atoms with Crippen molar-refractivity contribution in [1.82, 2.24) is 20.9 Å². The molecule has 0 spiro atoms. The number of carboxylic acids is 1. The second-order valence-corrected chi connectivity index (χ2v) is 9.41. The summed E-state index contributed by atoms with van der Waals surface area (Å²) in [5, 5.41) is 29.3. The largest absolute Gasteiger partial charge is 0.481 e. The average molecular weight is 614 g/mol. The Morgan fingerprint density at radius 3 is 2.51 bits per heavy atom. The lowest BCUT2D eigenvalue weighted by Crippen LogP contribution is -2.43. The van der Waals surface area contributed by atoms with Gasteiger partial charge < -0.3 is 36.5 Å². The summed E-state index contributed by atoms with van der Waals surface area (Å²) in [7, 11) is 0. The Morgan fingerprint density at radius 1 is 1.17 bits per heavy atom. The van der Waals surface area contributed by atoms with Gasteiger partial charge in [-0.15, -0.1) is 0 Å². The number of anilines is 1. The second kappa shape index (κ2) is 12.0. The summed E-state index contributed by atoms with van der Waals surface area (Å²) in [4.78, 5) is 54.9. The predicted molar refractivity (Wildman–Crippen MR) is 134 cm³/mol. The van der Waals surface area contributed by atoms with Crippen LogP contribution in [0.2, 0.25) is 0 Å². The number of aliphatic carboxylic acids is 1. The van der Waals surface area contributed by atoms with Crippen molar-refractivity contribution < 1.29 is 24.6 Å². The number of nitrogens with one attached hydrogen (secondary N) is 5. The van der Waals surface area contributed by atoms with Gasteiger partial charge in [-0.3, -0.25) is 24.2 Å². The van der Waals surface area contributed by atoms with Crippen LogP contribution in [0.25, 0.3) is 0 Å². The molecule has 0 saturated carbocycles. The third kappa shape index (κ3) is 7.90. The number of halogens is 2. The molecule has 1 aliphatic heterocycles. The van der Waals surface area contributed by atoms with Gasteiger partial charge in [0.25, 0.3) is 11.5 Å². The Labute approximate surface area is 215 Å². The summed E-state index contributed by atoms with van der Waals surface area (Å²) in [6.07, 6.45) is 0.224. The van der Waals surface area contributed by atoms with Crippen molar-refractivity contribution in [2.75, 3.05) is 25.0 Å². The van der Waals surface area contributed by atoms with Crippen molar-refractivity contribution in [3.8, 4) is 0 Å². The number of pyridine rings is 1. The number of aliphatic hydroxyl groups is 1. The number of carbonyl (C=O) groups is 3. The maximum atomic E-state index is 12.5. The van der Waals surface area contributed by atoms with Crippen LogP contribution in [0.4, 0.5) is 5.69 Å². The molecule has 1 aliphatic rings. The van der Waals surface area contributed by atoms with Crippen molar-refractivity contribution in [3.63, 3.8) is 0 Å². The number of hydrogen-bond acceptors (Lipinski definition) is 8. The molecule has 12 nitrogen and oxygen atoms in total. The van der Waals surface area contributed by atoms with Crippen LogP contribution in [0.1, 0.15) is 28.4 Å². The number of aliphatic hydroxyl groups excluding tert-OH is 1. The van der Waals surface area contributed by atoms with Crippen LogP contribution in [0.15, 0.2) is 49.2 Å². The summed E-state index contributed by atoms with van der Waals surface area (Å²) < 4.78 is 1.40. The molecule has 1 aromatic carbocycles. The Balaban J connectivity index is 1.63. The monoisotopic (exact) mass is 612 g/mol. The lowest BCUT2D eigenvalue weighted by molar-refractivity contribution is -0.137. The minimum absolute atomic E-state index is 0.0477. The second-order valence-electron chi connectivity index (χ2n) is 7.58. The fourth-order valence-corrected chi connectivity index (χ4v) is 4.49. The molecule has 0 bridgehead atoms. The van der Waals surface area contributed by atoms with Gasteiger partial charge in [0.05, 0.1) is 37.2 Å². The zero-order valence-corrected chi connectivity index (χ0v) is 21.3. The molecule has 0 radical (unpaired) electrons. The highest BCUT2D eigenvalue weighted by Gasteiger charge is 2.20. The molecule has 2 heterocycles. The van der Waals surface area contributed by atoms with Crippen molar-refractivity contribution in [1.29, 1.82) is 0 Å². The van der Waals surface area contributed by atoms with Crippen molar-refractivity contribution in [3.05, 3.63) is 60.9 Å². The maximum absolute atomic E-state index is 12.5. The number of aliphatic imine (C=N–C) groups is 1. The van der Waals surface area contributed by atoms with Gasteiger partial charge in [0.2, 0.25) is 5.91 Å². The molecular weight excluding hydrogens is 592 g/mol. The molecule has 1 aromatic heterocycles. The molecule has 0 fully saturated rings. The van der Waals surface area contributed by atoms with Gasteiger partial charge in [0.15, 0.2) is 5.96 Å². The first-order valence-electron chi connectivity index (χ1n) is 10.3. The van der Waals surface area contributed by atoms with Gasteiger partial charge in [0.1, 0.15) is 5.69 Å². The van der Waals surface area contributed by atoms with Crippen LogP contribution in [-0.4, -0.2) is 64.7 Å². The van der Waals surface area contributed by atoms with E-state index in [1.807, 2.05) is 0 Å². The summed E-state index contributed by atoms with van der Waals surface area (Å²) in [6, 6.07) is 5.64. The molecular formula is C21H22Br2N6O6. The van der Waals surface area contributed by atoms with E-state index in [1.54, 1.807) is 18.2 Å². The van der Waals surface area contributed by atoms with E-state index in [9.17, 15) is 29.4 Å². The Morgan fingerprint density at radius 2 is 1.89 bits per heavy atom. The topological polar surface area (TPSA) is 185 Å². The number of carboxylic acid groups (broad SMARTS) is 1. The first-order valence-corrected chi connectivity index (χ1v) is 11.9. The number of guanidine groups is 1. The van der Waals surface area contributed by atoms with E-state index in [2.05, 4.69) is 63.1 Å². The minimum Gasteiger partial charge on any atom is -0.481 e. The SMILES string of the molecule is O=C(O)C[C@H](NC(=O)CNC(=O)c1c[nH]c(=O)c(NC2=NCC(O)CN2)c1)c1cc(Br)cc(Br)c1. The lowest BCUT2D eigenvalue weighted by atomic mass is 10.0. The van der Waals surface area contributed by atoms with Gasteiger partial charge in [-0.1, -0.05) is 31.9 Å². The quantitative estimate of drug-likeness (QED) is 0.227. The fraction of sp³-hybridized carbons (Fsp3) is 0.286. The molecule has 186 valence electrons. The normalized spacial score (nSPS) is 15.9. The highest BCUT2D eigenvalue weighted by Crippen LogP contribution is 2.26. The van der Waals surface area contributed by atoms with E-state index in [0.29, 0.717) is 14.5 Å². The van der Waals surface area contributed by atoms with Gasteiger partial charge >= 0.3 is 5.97 Å². The summed E-state index contributed by atoms with van der Waals surface area (Å²) in [5.74, 6) is -2.05. The number of rotatable bonds is 8. The van der Waals surface area contributed by atoms with Crippen molar-refractivity contribution in [2.45, 2.75) is 18.6 Å². The zero-order chi connectivity index (χ0) is 25.5. The van der Waals surface area contributed by atoms with E-state index in [-0.39, 0.29) is 36.7 Å². The summed E-state index contributed by atoms with van der Waals surface area (Å²) in [5.41, 5.74) is 0.198. The Kier molecular flexibility index (Phi) is 9.01. The number of carbonyl (C=O) groups excluding carboxylic acids is 2. The number of H-pyrrole nitrogens is 1. The van der Waals surface area contributed by atoms with E-state index >= 15 is 0 Å². The number of amides is 2. The van der Waals surface area contributed by atoms with Crippen LogP contribution in [0.3, 0.4) is 0 Å². The first-order chi connectivity index (χ1) is 16.6. The third-order valence-corrected chi connectivity index (χ3v) is 5.71. The zero-order valence-electron chi connectivity index (χ0n) is 18.1. The third-order valence-electron chi connectivity index (χ3n) is 4.79. The Bertz CT molecular complexity index is 1200. The minimum atomic E-state index is -1.10. The van der Waals surface area contributed by atoms with Crippen molar-refractivity contribution >= 4 is 61.3 Å². The predicted octanol–water partition coefficient (Wildman–Crippen LogP) is 0.694. The van der Waals surface area contributed by atoms with Crippen LogP contribution in [0.5, 0.6) is 0 Å². The highest BCUT2D eigenvalue weighted by molar-refractivity contribution is 9.11. The summed E-state index contributed by atoms with van der Waals surface area (Å²) in [6.45, 7) is 0.0131. The summed E-state index contributed by atoms with van der Waals surface area (Å²) >= 11 is 6.67. The molecule has 2 amide bonds. The lowest BCUT2D eigenvalue weighted by Gasteiger charge is -2.19. The number of β-amino-alcohol motifs (C(OH)–C–C–N with tert-alkyl or cyclic N) is 1. The van der Waals surface area contributed by atoms with Gasteiger partial charge in [-0.2, -0.15) is 0 Å². The molecule has 1 unspecified atom stereocenters. The van der Waals surface area contributed by atoms with E-state index < -0.39 is 42.0 Å². The molecule has 0 aliphatic carbocycles. The number of aromatic amines is 1. The molecule has 35 heavy (non-hydrogen) atoms. The van der Waals surface area contributed by atoms with E-state index in [1.165, 1.54) is 12.3 Å². The fourth-order valence-electron chi connectivity index (χ4n) is 3.16. The number of aromatic nitrogens is 1. The van der Waals surface area contributed by atoms with Crippen LogP contribution in [0, 0.1) is 0 Å². The van der Waals surface area contributed by atoms with Gasteiger partial charge in [0, 0.05) is 21.7 Å². The van der Waals surface area contributed by atoms with Crippen LogP contribution in [-0.2, 0) is 9.59 Å². The van der Waals surface area contributed by atoms with Crippen LogP contribution < -0.4 is 26.8 Å². The van der Waals surface area contributed by atoms with E-state index in [4.69, 9.17) is 0 Å². The van der Waals surface area contributed by atoms with E-state index in [0.717, 1.165) is 0 Å². The standard InChI is InChI=1S/C21H22Br2N6O6/c22-12-1-10(2-13(23)4-12)15(5-18(32)33)28-17(31)9-25-19(34)11-3-16(20(35)24-6-11)29-21-26-7-14(30)8-27-21/h1-4,6,14-15,30H,5,7-9H2,(H,24,35)(H,25,34)(H,28,31)(H,32,33)(H2,26,27,29)/t15-/m0/s1. The molecule has 2 aromatic rings.